The number of fused-ring (bicyclic) bond motifs is 1. The minimum atomic E-state index is -0.311. The Morgan fingerprint density at radius 1 is 1.20 bits per heavy atom. The topological polar surface area (TPSA) is 84.7 Å². The van der Waals surface area contributed by atoms with E-state index in [1.807, 2.05) is 0 Å². The predicted molar refractivity (Wildman–Crippen MR) is 118 cm³/mol. The first-order valence-electron chi connectivity index (χ1n) is 10.1. The van der Waals surface area contributed by atoms with E-state index < -0.39 is 0 Å². The van der Waals surface area contributed by atoms with Gasteiger partial charge in [0, 0.05) is 18.3 Å². The Bertz CT molecular complexity index is 989. The summed E-state index contributed by atoms with van der Waals surface area (Å²) in [6.07, 6.45) is 2.96. The number of halogens is 1. The van der Waals surface area contributed by atoms with Crippen molar-refractivity contribution in [2.24, 2.45) is 0 Å². The van der Waals surface area contributed by atoms with Crippen LogP contribution in [-0.4, -0.2) is 44.0 Å². The van der Waals surface area contributed by atoms with Gasteiger partial charge in [-0.2, -0.15) is 5.10 Å². The number of anilines is 1. The zero-order chi connectivity index (χ0) is 21.5. The first-order valence-corrected chi connectivity index (χ1v) is 11.0. The number of thioether (sulfide) groups is 1. The molecule has 30 heavy (non-hydrogen) atoms. The highest BCUT2D eigenvalue weighted by Gasteiger charge is 2.14. The lowest BCUT2D eigenvalue weighted by Gasteiger charge is -2.10. The Kier molecular flexibility index (Phi) is 7.62. The summed E-state index contributed by atoms with van der Waals surface area (Å²) >= 11 is 1.60. The van der Waals surface area contributed by atoms with Gasteiger partial charge in [0.2, 0.25) is 5.91 Å². The molecule has 9 heteroatoms. The summed E-state index contributed by atoms with van der Waals surface area (Å²) in [6, 6.07) is 5.95. The van der Waals surface area contributed by atoms with Crippen LogP contribution in [0.25, 0.3) is 11.0 Å². The quantitative estimate of drug-likeness (QED) is 0.377. The van der Waals surface area contributed by atoms with Gasteiger partial charge in [0.25, 0.3) is 0 Å². The normalized spacial score (nSPS) is 11.2. The Morgan fingerprint density at radius 3 is 2.67 bits per heavy atom. The largest absolute Gasteiger partial charge is 0.369 e. The second kappa shape index (κ2) is 10.4. The highest BCUT2D eigenvalue weighted by Crippen LogP contribution is 2.26. The van der Waals surface area contributed by atoms with Gasteiger partial charge >= 0.3 is 0 Å². The standard InChI is InChI=1S/C21H27FN6OS/c1-4-9-24-19-17-13-25-28(20(17)27-21(26-19)30-14(2)3)11-10-23-18(29)12-15-5-7-16(22)8-6-15/h5-8,13-14H,4,9-12H2,1-3H3,(H,23,29)(H,24,26,27). The fourth-order valence-corrected chi connectivity index (χ4v) is 3.60. The van der Waals surface area contributed by atoms with E-state index in [1.165, 1.54) is 12.1 Å². The minimum absolute atomic E-state index is 0.117. The summed E-state index contributed by atoms with van der Waals surface area (Å²) in [6.45, 7) is 8.05. The average Bonchev–Trinajstić information content (AvgIpc) is 3.10. The summed E-state index contributed by atoms with van der Waals surface area (Å²) in [5.41, 5.74) is 1.52. The molecular formula is C21H27FN6OS. The van der Waals surface area contributed by atoms with E-state index in [0.29, 0.717) is 23.5 Å². The molecule has 3 rings (SSSR count). The van der Waals surface area contributed by atoms with Crippen LogP contribution in [0.3, 0.4) is 0 Å². The highest BCUT2D eigenvalue weighted by molar-refractivity contribution is 7.99. The van der Waals surface area contributed by atoms with Gasteiger partial charge in [-0.3, -0.25) is 4.79 Å². The number of carbonyl (C=O) groups is 1. The molecule has 0 saturated heterocycles. The third-order valence-electron chi connectivity index (χ3n) is 4.28. The van der Waals surface area contributed by atoms with Crippen molar-refractivity contribution in [1.82, 2.24) is 25.1 Å². The molecule has 0 bridgehead atoms. The summed E-state index contributed by atoms with van der Waals surface area (Å²) in [5, 5.41) is 12.6. The summed E-state index contributed by atoms with van der Waals surface area (Å²) < 4.78 is 14.8. The third kappa shape index (κ3) is 5.91. The molecule has 0 saturated carbocycles. The van der Waals surface area contributed by atoms with Crippen molar-refractivity contribution in [2.45, 2.75) is 50.6 Å². The number of benzene rings is 1. The van der Waals surface area contributed by atoms with Crippen LogP contribution < -0.4 is 10.6 Å². The van der Waals surface area contributed by atoms with Crippen LogP contribution in [0.5, 0.6) is 0 Å². The Balaban J connectivity index is 1.67. The molecule has 1 aromatic carbocycles. The fourth-order valence-electron chi connectivity index (χ4n) is 2.89. The number of carbonyl (C=O) groups excluding carboxylic acids is 1. The van der Waals surface area contributed by atoms with Crippen LogP contribution in [0.1, 0.15) is 32.8 Å². The van der Waals surface area contributed by atoms with Crippen LogP contribution >= 0.6 is 11.8 Å². The van der Waals surface area contributed by atoms with E-state index in [9.17, 15) is 9.18 Å². The average molecular weight is 431 g/mol. The molecule has 1 amide bonds. The molecule has 0 aliphatic heterocycles. The van der Waals surface area contributed by atoms with Gasteiger partial charge in [0.1, 0.15) is 11.6 Å². The van der Waals surface area contributed by atoms with E-state index in [2.05, 4.69) is 46.5 Å². The van der Waals surface area contributed by atoms with E-state index in [1.54, 1.807) is 34.8 Å². The van der Waals surface area contributed by atoms with E-state index in [-0.39, 0.29) is 18.1 Å². The summed E-state index contributed by atoms with van der Waals surface area (Å²) in [7, 11) is 0. The lowest BCUT2D eigenvalue weighted by Crippen LogP contribution is -2.28. The number of amides is 1. The molecule has 2 heterocycles. The molecular weight excluding hydrogens is 403 g/mol. The molecule has 0 radical (unpaired) electrons. The van der Waals surface area contributed by atoms with Crippen LogP contribution in [0.15, 0.2) is 35.6 Å². The van der Waals surface area contributed by atoms with Crippen molar-refractivity contribution in [2.75, 3.05) is 18.4 Å². The van der Waals surface area contributed by atoms with Crippen LogP contribution in [0.2, 0.25) is 0 Å². The number of nitrogens with one attached hydrogen (secondary N) is 2. The van der Waals surface area contributed by atoms with Gasteiger partial charge in [0.15, 0.2) is 10.8 Å². The summed E-state index contributed by atoms with van der Waals surface area (Å²) in [4.78, 5) is 21.5. The molecule has 2 N–H and O–H groups in total. The van der Waals surface area contributed by atoms with Crippen LogP contribution in [-0.2, 0) is 17.8 Å². The van der Waals surface area contributed by atoms with Crippen molar-refractivity contribution in [3.05, 3.63) is 41.8 Å². The zero-order valence-electron chi connectivity index (χ0n) is 17.5. The third-order valence-corrected chi connectivity index (χ3v) is 5.15. The molecule has 0 atom stereocenters. The van der Waals surface area contributed by atoms with Crippen LogP contribution in [0, 0.1) is 5.82 Å². The molecule has 0 aliphatic rings. The van der Waals surface area contributed by atoms with Gasteiger partial charge in [-0.25, -0.2) is 19.0 Å². The number of rotatable bonds is 10. The maximum absolute atomic E-state index is 13.0. The molecule has 160 valence electrons. The number of aromatic nitrogens is 4. The molecule has 0 aliphatic carbocycles. The van der Waals surface area contributed by atoms with Gasteiger partial charge in [-0.15, -0.1) is 0 Å². The van der Waals surface area contributed by atoms with Crippen molar-refractivity contribution in [3.8, 4) is 0 Å². The lowest BCUT2D eigenvalue weighted by molar-refractivity contribution is -0.120. The Labute approximate surface area is 179 Å². The van der Waals surface area contributed by atoms with Crippen molar-refractivity contribution >= 4 is 34.5 Å². The van der Waals surface area contributed by atoms with Crippen molar-refractivity contribution in [3.63, 3.8) is 0 Å². The van der Waals surface area contributed by atoms with Gasteiger partial charge < -0.3 is 10.6 Å². The van der Waals surface area contributed by atoms with Gasteiger partial charge in [-0.05, 0) is 24.1 Å². The van der Waals surface area contributed by atoms with E-state index >= 15 is 0 Å². The summed E-state index contributed by atoms with van der Waals surface area (Å²) in [5.74, 6) is 0.361. The number of hydrogen-bond acceptors (Lipinski definition) is 6. The SMILES string of the molecule is CCCNc1nc(SC(C)C)nc2c1cnn2CCNC(=O)Cc1ccc(F)cc1. The maximum Gasteiger partial charge on any atom is 0.224 e. The van der Waals surface area contributed by atoms with Crippen molar-refractivity contribution < 1.29 is 9.18 Å². The molecule has 0 unspecified atom stereocenters. The van der Waals surface area contributed by atoms with Gasteiger partial charge in [-0.1, -0.05) is 44.7 Å². The molecule has 2 aromatic heterocycles. The van der Waals surface area contributed by atoms with E-state index in [0.717, 1.165) is 35.4 Å². The first kappa shape index (κ1) is 22.0. The monoisotopic (exact) mass is 430 g/mol. The second-order valence-corrected chi connectivity index (χ2v) is 8.75. The number of nitrogens with zero attached hydrogens (tertiary/aromatic N) is 4. The first-order chi connectivity index (χ1) is 14.5. The Morgan fingerprint density at radius 2 is 1.97 bits per heavy atom. The second-order valence-electron chi connectivity index (χ2n) is 7.21. The maximum atomic E-state index is 13.0. The fraction of sp³-hybridized carbons (Fsp3) is 0.429. The highest BCUT2D eigenvalue weighted by atomic mass is 32.2. The molecule has 3 aromatic rings. The molecule has 0 spiro atoms. The van der Waals surface area contributed by atoms with Crippen molar-refractivity contribution in [1.29, 1.82) is 0 Å². The molecule has 0 fully saturated rings. The Hall–Kier alpha value is -2.68. The smallest absolute Gasteiger partial charge is 0.224 e. The minimum Gasteiger partial charge on any atom is -0.369 e. The lowest BCUT2D eigenvalue weighted by atomic mass is 10.1. The van der Waals surface area contributed by atoms with Crippen LogP contribution in [0.4, 0.5) is 10.2 Å². The molecule has 7 nitrogen and oxygen atoms in total. The van der Waals surface area contributed by atoms with E-state index in [4.69, 9.17) is 0 Å². The zero-order valence-corrected chi connectivity index (χ0v) is 18.3. The van der Waals surface area contributed by atoms with Gasteiger partial charge in [0.05, 0.1) is 24.5 Å². The predicted octanol–water partition coefficient (Wildman–Crippen LogP) is 3.65. The number of hydrogen-bond donors (Lipinski definition) is 2.